The second kappa shape index (κ2) is 8.31. The minimum atomic E-state index is -0.343. The summed E-state index contributed by atoms with van der Waals surface area (Å²) in [5.41, 5.74) is 1.41. The molecule has 0 spiro atoms. The molecule has 8 heteroatoms. The summed E-state index contributed by atoms with van der Waals surface area (Å²) in [6.07, 6.45) is 0.166. The fourth-order valence-corrected chi connectivity index (χ4v) is 2.46. The van der Waals surface area contributed by atoms with Crippen molar-refractivity contribution in [2.45, 2.75) is 13.0 Å². The lowest BCUT2D eigenvalue weighted by Gasteiger charge is -2.09. The van der Waals surface area contributed by atoms with Crippen LogP contribution in [-0.2, 0) is 17.8 Å². The molecule has 0 radical (unpaired) electrons. The number of amides is 1. The number of ether oxygens (including phenoxy) is 2. The third kappa shape index (κ3) is 4.60. The number of nitrogens with one attached hydrogen (secondary N) is 1. The minimum Gasteiger partial charge on any atom is -0.493 e. The van der Waals surface area contributed by atoms with Gasteiger partial charge in [-0.15, -0.1) is 0 Å². The smallest absolute Gasteiger partial charge is 0.246 e. The van der Waals surface area contributed by atoms with Crippen LogP contribution in [0.3, 0.4) is 0 Å². The van der Waals surface area contributed by atoms with Gasteiger partial charge in [0, 0.05) is 5.56 Å². The van der Waals surface area contributed by atoms with Gasteiger partial charge in [-0.1, -0.05) is 11.2 Å². The van der Waals surface area contributed by atoms with Crippen molar-refractivity contribution in [3.05, 3.63) is 59.7 Å². The first-order chi connectivity index (χ1) is 13.1. The van der Waals surface area contributed by atoms with E-state index in [1.807, 2.05) is 0 Å². The Hall–Kier alpha value is -3.42. The van der Waals surface area contributed by atoms with E-state index in [4.69, 9.17) is 14.0 Å². The van der Waals surface area contributed by atoms with E-state index in [0.29, 0.717) is 22.9 Å². The summed E-state index contributed by atoms with van der Waals surface area (Å²) in [7, 11) is 3.09. The Morgan fingerprint density at radius 1 is 1.11 bits per heavy atom. The zero-order valence-electron chi connectivity index (χ0n) is 14.9. The number of rotatable bonds is 7. The molecular formula is C19H18FN3O4. The maximum Gasteiger partial charge on any atom is 0.246 e. The van der Waals surface area contributed by atoms with Gasteiger partial charge < -0.3 is 19.3 Å². The monoisotopic (exact) mass is 371 g/mol. The fraction of sp³-hybridized carbons (Fsp3) is 0.211. The number of halogens is 1. The van der Waals surface area contributed by atoms with E-state index in [-0.39, 0.29) is 30.6 Å². The zero-order chi connectivity index (χ0) is 19.2. The standard InChI is InChI=1S/C19H18FN3O4/c1-25-15-8-3-12(9-16(15)26-2)10-17(24)21-11-18-22-19(23-27-18)13-4-6-14(20)7-5-13/h3-9H,10-11H2,1-2H3,(H,21,24). The van der Waals surface area contributed by atoms with E-state index in [1.54, 1.807) is 37.4 Å². The second-order valence-corrected chi connectivity index (χ2v) is 5.66. The van der Waals surface area contributed by atoms with Crippen LogP contribution >= 0.6 is 0 Å². The van der Waals surface area contributed by atoms with E-state index >= 15 is 0 Å². The highest BCUT2D eigenvalue weighted by molar-refractivity contribution is 5.78. The van der Waals surface area contributed by atoms with Crippen molar-refractivity contribution in [3.8, 4) is 22.9 Å². The van der Waals surface area contributed by atoms with E-state index in [9.17, 15) is 9.18 Å². The first kappa shape index (κ1) is 18.4. The number of carbonyl (C=O) groups excluding carboxylic acids is 1. The summed E-state index contributed by atoms with van der Waals surface area (Å²) in [6.45, 7) is 0.0975. The zero-order valence-corrected chi connectivity index (χ0v) is 14.9. The number of benzene rings is 2. The van der Waals surface area contributed by atoms with Crippen molar-refractivity contribution in [1.82, 2.24) is 15.5 Å². The van der Waals surface area contributed by atoms with Crippen LogP contribution in [-0.4, -0.2) is 30.3 Å². The van der Waals surface area contributed by atoms with Crippen LogP contribution in [0.5, 0.6) is 11.5 Å². The maximum atomic E-state index is 13.0. The number of nitrogens with zero attached hydrogens (tertiary/aromatic N) is 2. The quantitative estimate of drug-likeness (QED) is 0.687. The molecule has 140 valence electrons. The molecule has 0 fully saturated rings. The van der Waals surface area contributed by atoms with E-state index < -0.39 is 0 Å². The van der Waals surface area contributed by atoms with Gasteiger partial charge in [0.15, 0.2) is 11.5 Å². The lowest BCUT2D eigenvalue weighted by molar-refractivity contribution is -0.120. The van der Waals surface area contributed by atoms with Crippen molar-refractivity contribution in [1.29, 1.82) is 0 Å². The predicted molar refractivity (Wildman–Crippen MR) is 94.8 cm³/mol. The highest BCUT2D eigenvalue weighted by Crippen LogP contribution is 2.27. The fourth-order valence-electron chi connectivity index (χ4n) is 2.46. The molecule has 0 unspecified atom stereocenters. The Balaban J connectivity index is 1.57. The number of hydrogen-bond acceptors (Lipinski definition) is 6. The van der Waals surface area contributed by atoms with Gasteiger partial charge >= 0.3 is 0 Å². The first-order valence-electron chi connectivity index (χ1n) is 8.15. The van der Waals surface area contributed by atoms with Crippen LogP contribution in [0.25, 0.3) is 11.4 Å². The summed E-state index contributed by atoms with van der Waals surface area (Å²) in [6, 6.07) is 11.0. The average Bonchev–Trinajstić information content (AvgIpc) is 3.16. The van der Waals surface area contributed by atoms with Crippen LogP contribution in [0.2, 0.25) is 0 Å². The van der Waals surface area contributed by atoms with E-state index in [2.05, 4.69) is 15.5 Å². The Morgan fingerprint density at radius 3 is 2.56 bits per heavy atom. The van der Waals surface area contributed by atoms with Gasteiger partial charge in [-0.05, 0) is 42.0 Å². The SMILES string of the molecule is COc1ccc(CC(=O)NCc2nc(-c3ccc(F)cc3)no2)cc1OC. The van der Waals surface area contributed by atoms with Gasteiger partial charge in [-0.3, -0.25) is 4.79 Å². The molecule has 0 aliphatic carbocycles. The Morgan fingerprint density at radius 2 is 1.85 bits per heavy atom. The van der Waals surface area contributed by atoms with Crippen LogP contribution < -0.4 is 14.8 Å². The molecule has 0 saturated carbocycles. The van der Waals surface area contributed by atoms with Crippen LogP contribution in [0.4, 0.5) is 4.39 Å². The summed E-state index contributed by atoms with van der Waals surface area (Å²) in [5, 5.41) is 6.55. The molecule has 0 atom stereocenters. The molecule has 1 amide bonds. The van der Waals surface area contributed by atoms with Gasteiger partial charge in [0.25, 0.3) is 0 Å². The largest absolute Gasteiger partial charge is 0.493 e. The molecule has 1 heterocycles. The average molecular weight is 371 g/mol. The van der Waals surface area contributed by atoms with Gasteiger partial charge in [0.2, 0.25) is 17.6 Å². The summed E-state index contributed by atoms with van der Waals surface area (Å²) in [5.74, 6) is 1.20. The number of carbonyl (C=O) groups is 1. The van der Waals surface area contributed by atoms with Gasteiger partial charge in [-0.25, -0.2) is 4.39 Å². The molecule has 2 aromatic carbocycles. The highest BCUT2D eigenvalue weighted by Gasteiger charge is 2.12. The summed E-state index contributed by atoms with van der Waals surface area (Å²) >= 11 is 0. The van der Waals surface area contributed by atoms with Crippen LogP contribution in [0.1, 0.15) is 11.5 Å². The molecule has 27 heavy (non-hydrogen) atoms. The normalized spacial score (nSPS) is 10.5. The molecule has 1 N–H and O–H groups in total. The molecule has 1 aromatic heterocycles. The topological polar surface area (TPSA) is 86.5 Å². The molecule has 0 aliphatic rings. The van der Waals surface area contributed by atoms with Gasteiger partial charge in [0.1, 0.15) is 5.82 Å². The lowest BCUT2D eigenvalue weighted by atomic mass is 10.1. The van der Waals surface area contributed by atoms with E-state index in [0.717, 1.165) is 5.56 Å². The maximum absolute atomic E-state index is 13.0. The molecule has 3 rings (SSSR count). The molecular weight excluding hydrogens is 353 g/mol. The van der Waals surface area contributed by atoms with Crippen molar-refractivity contribution < 1.29 is 23.2 Å². The third-order valence-corrected chi connectivity index (χ3v) is 3.82. The van der Waals surface area contributed by atoms with E-state index in [1.165, 1.54) is 19.2 Å². The first-order valence-corrected chi connectivity index (χ1v) is 8.15. The van der Waals surface area contributed by atoms with Gasteiger partial charge in [0.05, 0.1) is 27.2 Å². The molecule has 0 aliphatic heterocycles. The third-order valence-electron chi connectivity index (χ3n) is 3.82. The van der Waals surface area contributed by atoms with Crippen LogP contribution in [0, 0.1) is 5.82 Å². The lowest BCUT2D eigenvalue weighted by Crippen LogP contribution is -2.24. The molecule has 3 aromatic rings. The minimum absolute atomic E-state index is 0.0975. The highest BCUT2D eigenvalue weighted by atomic mass is 19.1. The van der Waals surface area contributed by atoms with Crippen molar-refractivity contribution >= 4 is 5.91 Å². The second-order valence-electron chi connectivity index (χ2n) is 5.66. The predicted octanol–water partition coefficient (Wildman–Crippen LogP) is 2.75. The number of aromatic nitrogens is 2. The number of hydrogen-bond donors (Lipinski definition) is 1. The van der Waals surface area contributed by atoms with Crippen molar-refractivity contribution in [2.75, 3.05) is 14.2 Å². The molecule has 0 saturated heterocycles. The summed E-state index contributed by atoms with van der Waals surface area (Å²) < 4.78 is 28.5. The van der Waals surface area contributed by atoms with Crippen LogP contribution in [0.15, 0.2) is 47.0 Å². The molecule has 0 bridgehead atoms. The Bertz CT molecular complexity index is 925. The van der Waals surface area contributed by atoms with Gasteiger partial charge in [-0.2, -0.15) is 4.98 Å². The Kier molecular flexibility index (Phi) is 5.65. The van der Waals surface area contributed by atoms with Crippen molar-refractivity contribution in [2.24, 2.45) is 0 Å². The number of methoxy groups -OCH3 is 2. The Labute approximate surface area is 155 Å². The van der Waals surface area contributed by atoms with Crippen molar-refractivity contribution in [3.63, 3.8) is 0 Å². The molecule has 7 nitrogen and oxygen atoms in total. The summed E-state index contributed by atoms with van der Waals surface area (Å²) in [4.78, 5) is 16.3.